The van der Waals surface area contributed by atoms with Gasteiger partial charge in [0.1, 0.15) is 6.04 Å². The van der Waals surface area contributed by atoms with Gasteiger partial charge in [0.25, 0.3) is 5.56 Å². The molecule has 7 nitrogen and oxygen atoms in total. The predicted octanol–water partition coefficient (Wildman–Crippen LogP) is 2.23. The molecule has 3 N–H and O–H groups in total. The average molecular weight is 420 g/mol. The number of aromatic nitrogens is 1. The highest BCUT2D eigenvalue weighted by Gasteiger charge is 2.28. The zero-order valence-electron chi connectivity index (χ0n) is 17.7. The van der Waals surface area contributed by atoms with E-state index in [1.165, 1.54) is 6.07 Å². The molecule has 0 aliphatic heterocycles. The van der Waals surface area contributed by atoms with Crippen molar-refractivity contribution in [2.75, 3.05) is 0 Å². The molecule has 8 heteroatoms. The van der Waals surface area contributed by atoms with Crippen LogP contribution in [-0.4, -0.2) is 25.4 Å². The number of H-pyrrole nitrogens is 1. The summed E-state index contributed by atoms with van der Waals surface area (Å²) in [5.41, 5.74) is 3.53. The van der Waals surface area contributed by atoms with Gasteiger partial charge in [-0.1, -0.05) is 19.9 Å². The molecule has 0 radical (unpaired) electrons. The van der Waals surface area contributed by atoms with E-state index in [0.717, 1.165) is 22.4 Å². The van der Waals surface area contributed by atoms with E-state index in [4.69, 9.17) is 0 Å². The number of aromatic amines is 1. The van der Waals surface area contributed by atoms with Crippen LogP contribution in [0.2, 0.25) is 0 Å². The van der Waals surface area contributed by atoms with E-state index < -0.39 is 22.0 Å². The van der Waals surface area contributed by atoms with Crippen molar-refractivity contribution in [3.63, 3.8) is 0 Å². The molecule has 0 saturated heterocycles. The van der Waals surface area contributed by atoms with Gasteiger partial charge in [0, 0.05) is 17.8 Å². The maximum Gasteiger partial charge on any atom is 0.253 e. The van der Waals surface area contributed by atoms with E-state index in [0.29, 0.717) is 5.56 Å². The summed E-state index contributed by atoms with van der Waals surface area (Å²) in [4.78, 5) is 27.7. The summed E-state index contributed by atoms with van der Waals surface area (Å²) >= 11 is 0. The second kappa shape index (κ2) is 8.92. The maximum absolute atomic E-state index is 12.8. The summed E-state index contributed by atoms with van der Waals surface area (Å²) in [6.07, 6.45) is 0. The van der Waals surface area contributed by atoms with E-state index in [-0.39, 0.29) is 22.9 Å². The number of nitrogens with one attached hydrogen (secondary N) is 3. The minimum atomic E-state index is -3.87. The Hall–Kier alpha value is -2.45. The molecule has 2 aromatic rings. The van der Waals surface area contributed by atoms with Crippen LogP contribution in [-0.2, 0) is 21.4 Å². The van der Waals surface area contributed by atoms with Crippen molar-refractivity contribution in [3.05, 3.63) is 62.6 Å². The van der Waals surface area contributed by atoms with Gasteiger partial charge in [-0.25, -0.2) is 8.42 Å². The van der Waals surface area contributed by atoms with E-state index in [2.05, 4.69) is 15.0 Å². The number of hydrogen-bond acceptors (Lipinski definition) is 4. The fourth-order valence-electron chi connectivity index (χ4n) is 3.00. The first-order valence-electron chi connectivity index (χ1n) is 9.49. The molecule has 1 heterocycles. The number of aryl methyl sites for hydroxylation is 4. The molecule has 1 atom stereocenters. The smallest absolute Gasteiger partial charge is 0.253 e. The van der Waals surface area contributed by atoms with Gasteiger partial charge < -0.3 is 10.3 Å². The van der Waals surface area contributed by atoms with Crippen molar-refractivity contribution in [1.82, 2.24) is 15.0 Å². The van der Waals surface area contributed by atoms with Gasteiger partial charge in [0.2, 0.25) is 15.9 Å². The van der Waals surface area contributed by atoms with Crippen molar-refractivity contribution >= 4 is 15.9 Å². The quantitative estimate of drug-likeness (QED) is 0.639. The van der Waals surface area contributed by atoms with Crippen molar-refractivity contribution in [2.45, 2.75) is 59.0 Å². The molecule has 0 unspecified atom stereocenters. The predicted molar refractivity (Wildman–Crippen MR) is 113 cm³/mol. The molecule has 0 fully saturated rings. The molecule has 1 amide bonds. The second-order valence-electron chi connectivity index (χ2n) is 7.75. The lowest BCUT2D eigenvalue weighted by molar-refractivity contribution is -0.123. The summed E-state index contributed by atoms with van der Waals surface area (Å²) in [6, 6.07) is 5.70. The van der Waals surface area contributed by atoms with Crippen LogP contribution in [0.5, 0.6) is 0 Å². The van der Waals surface area contributed by atoms with Crippen LogP contribution in [0.25, 0.3) is 0 Å². The fourth-order valence-corrected chi connectivity index (χ4v) is 4.42. The maximum atomic E-state index is 12.8. The van der Waals surface area contributed by atoms with Crippen molar-refractivity contribution in [3.8, 4) is 0 Å². The lowest BCUT2D eigenvalue weighted by atomic mass is 10.0. The third-order valence-corrected chi connectivity index (χ3v) is 6.39. The van der Waals surface area contributed by atoms with Crippen LogP contribution >= 0.6 is 0 Å². The van der Waals surface area contributed by atoms with Crippen molar-refractivity contribution in [2.24, 2.45) is 5.92 Å². The zero-order valence-corrected chi connectivity index (χ0v) is 18.5. The number of sulfonamides is 1. The Morgan fingerprint density at radius 1 is 1.03 bits per heavy atom. The minimum absolute atomic E-state index is 0.0227. The van der Waals surface area contributed by atoms with Crippen LogP contribution in [0.1, 0.15) is 41.8 Å². The number of amides is 1. The average Bonchev–Trinajstić information content (AvgIpc) is 2.60. The first-order valence-corrected chi connectivity index (χ1v) is 11.0. The van der Waals surface area contributed by atoms with E-state index in [1.807, 2.05) is 19.9 Å². The molecule has 29 heavy (non-hydrogen) atoms. The van der Waals surface area contributed by atoms with Crippen LogP contribution < -0.4 is 15.6 Å². The van der Waals surface area contributed by atoms with Gasteiger partial charge in [-0.2, -0.15) is 4.72 Å². The van der Waals surface area contributed by atoms with Gasteiger partial charge >= 0.3 is 0 Å². The standard InChI is InChI=1S/C21H29N3O4S/c1-12(2)19(24-29(27,28)17-8-7-13(3)14(4)10-17)21(26)22-11-18-15(5)9-16(6)23-20(18)25/h7-10,12,19,24H,11H2,1-6H3,(H,22,26)(H,23,25)/t19-/m0/s1. The van der Waals surface area contributed by atoms with Crippen molar-refractivity contribution < 1.29 is 13.2 Å². The number of hydrogen-bond donors (Lipinski definition) is 3. The summed E-state index contributed by atoms with van der Waals surface area (Å²) in [6.45, 7) is 10.9. The summed E-state index contributed by atoms with van der Waals surface area (Å²) in [7, 11) is -3.87. The Labute approximate surface area is 172 Å². The molecule has 0 aliphatic carbocycles. The molecular formula is C21H29N3O4S. The SMILES string of the molecule is Cc1cc(C)c(CNC(=O)[C@@H](NS(=O)(=O)c2ccc(C)c(C)c2)C(C)C)c(=O)[nH]1. The largest absolute Gasteiger partial charge is 0.350 e. The Kier molecular flexibility index (Phi) is 7.02. The van der Waals surface area contributed by atoms with E-state index in [1.54, 1.807) is 39.8 Å². The molecule has 0 aliphatic rings. The molecule has 2 rings (SSSR count). The molecule has 158 valence electrons. The number of rotatable bonds is 7. The molecule has 0 saturated carbocycles. The molecular weight excluding hydrogens is 390 g/mol. The Balaban J connectivity index is 2.19. The number of carbonyl (C=O) groups excluding carboxylic acids is 1. The van der Waals surface area contributed by atoms with E-state index >= 15 is 0 Å². The number of pyridine rings is 1. The van der Waals surface area contributed by atoms with Crippen LogP contribution in [0.4, 0.5) is 0 Å². The summed E-state index contributed by atoms with van der Waals surface area (Å²) in [5.74, 6) is -0.763. The molecule has 0 spiro atoms. The lowest BCUT2D eigenvalue weighted by Gasteiger charge is -2.22. The highest BCUT2D eigenvalue weighted by atomic mass is 32.2. The molecule has 1 aromatic carbocycles. The molecule has 1 aromatic heterocycles. The first-order chi connectivity index (χ1) is 13.4. The van der Waals surface area contributed by atoms with Crippen LogP contribution in [0.3, 0.4) is 0 Å². The third kappa shape index (κ3) is 5.55. The minimum Gasteiger partial charge on any atom is -0.350 e. The lowest BCUT2D eigenvalue weighted by Crippen LogP contribution is -2.49. The molecule has 0 bridgehead atoms. The van der Waals surface area contributed by atoms with Crippen LogP contribution in [0, 0.1) is 33.6 Å². The van der Waals surface area contributed by atoms with Gasteiger partial charge in [-0.05, 0) is 68.5 Å². The van der Waals surface area contributed by atoms with Gasteiger partial charge in [-0.15, -0.1) is 0 Å². The van der Waals surface area contributed by atoms with Gasteiger partial charge in [0.15, 0.2) is 0 Å². The highest BCUT2D eigenvalue weighted by Crippen LogP contribution is 2.16. The number of benzene rings is 1. The Bertz CT molecular complexity index is 1070. The zero-order chi connectivity index (χ0) is 21.9. The van der Waals surface area contributed by atoms with Gasteiger partial charge in [-0.3, -0.25) is 9.59 Å². The number of carbonyl (C=O) groups is 1. The Morgan fingerprint density at radius 2 is 1.69 bits per heavy atom. The van der Waals surface area contributed by atoms with Crippen LogP contribution in [0.15, 0.2) is 34.0 Å². The highest BCUT2D eigenvalue weighted by molar-refractivity contribution is 7.89. The summed E-state index contributed by atoms with van der Waals surface area (Å²) < 4.78 is 28.1. The monoisotopic (exact) mass is 419 g/mol. The normalized spacial score (nSPS) is 12.8. The second-order valence-corrected chi connectivity index (χ2v) is 9.46. The topological polar surface area (TPSA) is 108 Å². The van der Waals surface area contributed by atoms with Crippen molar-refractivity contribution in [1.29, 1.82) is 0 Å². The van der Waals surface area contributed by atoms with Gasteiger partial charge in [0.05, 0.1) is 4.90 Å². The fraction of sp³-hybridized carbons (Fsp3) is 0.429. The first kappa shape index (κ1) is 22.8. The third-order valence-electron chi connectivity index (χ3n) is 4.95. The van der Waals surface area contributed by atoms with E-state index in [9.17, 15) is 18.0 Å². The summed E-state index contributed by atoms with van der Waals surface area (Å²) in [5, 5.41) is 2.69. The Morgan fingerprint density at radius 3 is 2.24 bits per heavy atom.